The van der Waals surface area contributed by atoms with Crippen molar-refractivity contribution >= 4 is 49.8 Å². The average Bonchev–Trinajstić information content (AvgIpc) is 2.82. The molecule has 35 heavy (non-hydrogen) atoms. The van der Waals surface area contributed by atoms with Crippen LogP contribution in [0.4, 0.5) is 27.4 Å². The van der Waals surface area contributed by atoms with Gasteiger partial charge in [0.05, 0.1) is 34.4 Å². The molecule has 1 amide bonds. The number of pyridine rings is 2. The third kappa shape index (κ3) is 5.60. The van der Waals surface area contributed by atoms with E-state index < -0.39 is 21.7 Å². The van der Waals surface area contributed by atoms with Gasteiger partial charge in [0.1, 0.15) is 5.82 Å². The Hall–Kier alpha value is -3.51. The first-order chi connectivity index (χ1) is 16.7. The molecule has 1 aliphatic carbocycles. The number of hydrogen-bond donors (Lipinski definition) is 5. The Morgan fingerprint density at radius 3 is 2.69 bits per heavy atom. The van der Waals surface area contributed by atoms with Gasteiger partial charge in [-0.05, 0) is 38.0 Å². The molecule has 12 heteroatoms. The predicted octanol–water partition coefficient (Wildman–Crippen LogP) is 3.05. The van der Waals surface area contributed by atoms with Crippen molar-refractivity contribution in [2.24, 2.45) is 11.5 Å². The monoisotopic (exact) mass is 501 g/mol. The van der Waals surface area contributed by atoms with Crippen LogP contribution in [0.3, 0.4) is 0 Å². The van der Waals surface area contributed by atoms with E-state index >= 15 is 0 Å². The fourth-order valence-electron chi connectivity index (χ4n) is 4.08. The zero-order valence-corrected chi connectivity index (χ0v) is 20.0. The predicted molar refractivity (Wildman–Crippen MR) is 135 cm³/mol. The number of carbonyl (C=O) groups excluding carboxylic acids is 1. The highest BCUT2D eigenvalue weighted by Crippen LogP contribution is 2.29. The lowest BCUT2D eigenvalue weighted by Gasteiger charge is -2.30. The van der Waals surface area contributed by atoms with Crippen LogP contribution < -0.4 is 26.8 Å². The highest BCUT2D eigenvalue weighted by molar-refractivity contribution is 7.92. The van der Waals surface area contributed by atoms with Gasteiger partial charge in [-0.15, -0.1) is 0 Å². The van der Waals surface area contributed by atoms with Crippen molar-refractivity contribution in [2.75, 3.05) is 21.1 Å². The third-order valence-electron chi connectivity index (χ3n) is 6.00. The summed E-state index contributed by atoms with van der Waals surface area (Å²) >= 11 is 0. The van der Waals surface area contributed by atoms with E-state index in [2.05, 4.69) is 25.3 Å². The summed E-state index contributed by atoms with van der Waals surface area (Å²) in [6.45, 7) is 1.54. The molecule has 0 spiro atoms. The number of rotatable bonds is 8. The summed E-state index contributed by atoms with van der Waals surface area (Å²) in [5, 5.41) is 6.70. The Bertz CT molecular complexity index is 1370. The van der Waals surface area contributed by atoms with Crippen LogP contribution in [0.25, 0.3) is 10.9 Å². The van der Waals surface area contributed by atoms with Crippen LogP contribution in [0.1, 0.15) is 43.0 Å². The Morgan fingerprint density at radius 1 is 1.20 bits per heavy atom. The number of benzene rings is 1. The molecular weight excluding hydrogens is 473 g/mol. The minimum atomic E-state index is -3.48. The normalized spacial score (nSPS) is 18.3. The van der Waals surface area contributed by atoms with Crippen molar-refractivity contribution in [3.05, 3.63) is 47.9 Å². The number of amides is 1. The smallest absolute Gasteiger partial charge is 0.252 e. The van der Waals surface area contributed by atoms with E-state index in [1.807, 2.05) is 0 Å². The molecular formula is C23H28FN7O3S. The summed E-state index contributed by atoms with van der Waals surface area (Å²) in [4.78, 5) is 20.7. The third-order valence-corrected chi connectivity index (χ3v) is 7.29. The van der Waals surface area contributed by atoms with Gasteiger partial charge < -0.3 is 22.1 Å². The van der Waals surface area contributed by atoms with Crippen LogP contribution in [0, 0.1) is 5.82 Å². The average molecular weight is 502 g/mol. The number of sulfonamides is 1. The van der Waals surface area contributed by atoms with Gasteiger partial charge in [-0.25, -0.2) is 17.8 Å². The number of nitrogens with two attached hydrogens (primary N) is 2. The van der Waals surface area contributed by atoms with E-state index in [0.29, 0.717) is 22.3 Å². The number of nitrogens with zero attached hydrogens (tertiary/aromatic N) is 2. The van der Waals surface area contributed by atoms with Gasteiger partial charge in [-0.1, -0.05) is 25.0 Å². The zero-order chi connectivity index (χ0) is 25.2. The largest absolute Gasteiger partial charge is 0.365 e. The van der Waals surface area contributed by atoms with Gasteiger partial charge in [0.2, 0.25) is 10.0 Å². The number of fused-ring (bicyclic) bond motifs is 1. The fourth-order valence-corrected chi connectivity index (χ4v) is 4.72. The Balaban J connectivity index is 1.66. The van der Waals surface area contributed by atoms with Crippen LogP contribution in [0.5, 0.6) is 0 Å². The van der Waals surface area contributed by atoms with Gasteiger partial charge in [-0.2, -0.15) is 0 Å². The lowest BCUT2D eigenvalue weighted by molar-refractivity contribution is 0.100. The first-order valence-corrected chi connectivity index (χ1v) is 13.0. The number of aromatic nitrogens is 2. The number of primary amides is 1. The summed E-state index contributed by atoms with van der Waals surface area (Å²) in [7, 11) is -3.48. The molecule has 2 unspecified atom stereocenters. The van der Waals surface area contributed by atoms with Crippen LogP contribution in [-0.2, 0) is 10.0 Å². The summed E-state index contributed by atoms with van der Waals surface area (Å²) < 4.78 is 41.3. The Labute approximate surface area is 202 Å². The van der Waals surface area contributed by atoms with Gasteiger partial charge in [0.15, 0.2) is 11.6 Å². The number of carbonyl (C=O) groups is 1. The van der Waals surface area contributed by atoms with Crippen molar-refractivity contribution in [3.8, 4) is 0 Å². The molecule has 1 aliphatic rings. The number of hydrogen-bond acceptors (Lipinski definition) is 8. The Morgan fingerprint density at radius 2 is 1.97 bits per heavy atom. The summed E-state index contributed by atoms with van der Waals surface area (Å²) in [6, 6.07) is 7.58. The lowest BCUT2D eigenvalue weighted by Crippen LogP contribution is -2.43. The SMILES string of the molecule is CCS(=O)(=O)Nc1cccc2cc(Nc3nc(NC4CCCCC4N)c(F)cc3C(N)=O)cnc12. The quantitative estimate of drug-likeness (QED) is 0.314. The molecule has 2 aromatic heterocycles. The zero-order valence-electron chi connectivity index (χ0n) is 19.2. The van der Waals surface area contributed by atoms with Crippen molar-refractivity contribution in [2.45, 2.75) is 44.7 Å². The molecule has 2 atom stereocenters. The van der Waals surface area contributed by atoms with Crippen molar-refractivity contribution in [1.82, 2.24) is 9.97 Å². The van der Waals surface area contributed by atoms with Crippen molar-refractivity contribution in [3.63, 3.8) is 0 Å². The molecule has 10 nitrogen and oxygen atoms in total. The highest BCUT2D eigenvalue weighted by atomic mass is 32.2. The van der Waals surface area contributed by atoms with Crippen molar-refractivity contribution < 1.29 is 17.6 Å². The number of nitrogens with one attached hydrogen (secondary N) is 3. The molecule has 0 bridgehead atoms. The molecule has 1 saturated carbocycles. The van der Waals surface area contributed by atoms with Gasteiger partial charge >= 0.3 is 0 Å². The van der Waals surface area contributed by atoms with Crippen LogP contribution in [0.2, 0.25) is 0 Å². The molecule has 186 valence electrons. The first kappa shape index (κ1) is 24.6. The van der Waals surface area contributed by atoms with Crippen molar-refractivity contribution in [1.29, 1.82) is 0 Å². The van der Waals surface area contributed by atoms with Gasteiger partial charge in [0.25, 0.3) is 5.91 Å². The maximum Gasteiger partial charge on any atom is 0.252 e. The van der Waals surface area contributed by atoms with E-state index in [-0.39, 0.29) is 35.0 Å². The van der Waals surface area contributed by atoms with E-state index in [1.54, 1.807) is 31.2 Å². The molecule has 2 heterocycles. The second-order valence-electron chi connectivity index (χ2n) is 8.51. The second kappa shape index (κ2) is 10.0. The fraction of sp³-hybridized carbons (Fsp3) is 0.348. The molecule has 1 aromatic carbocycles. The standard InChI is InChI=1S/C23H28FN7O3S/c1-2-35(33,34)31-19-9-5-6-13-10-14(12-27-20(13)19)28-22-15(21(26)32)11-16(24)23(30-22)29-18-8-4-3-7-17(18)25/h5-6,9-12,17-18,31H,2-4,7-8,25H2,1H3,(H2,26,32)(H2,28,29,30). The van der Waals surface area contributed by atoms with Gasteiger partial charge in [0, 0.05) is 17.5 Å². The molecule has 0 saturated heterocycles. The number of para-hydroxylation sites is 1. The lowest BCUT2D eigenvalue weighted by atomic mass is 9.91. The van der Waals surface area contributed by atoms with E-state index in [0.717, 1.165) is 31.7 Å². The second-order valence-corrected chi connectivity index (χ2v) is 10.5. The van der Waals surface area contributed by atoms with E-state index in [4.69, 9.17) is 11.5 Å². The molecule has 3 aromatic rings. The highest BCUT2D eigenvalue weighted by Gasteiger charge is 2.24. The summed E-state index contributed by atoms with van der Waals surface area (Å²) in [6.07, 6.45) is 5.10. The Kier molecular flexibility index (Phi) is 7.03. The van der Waals surface area contributed by atoms with E-state index in [1.165, 1.54) is 6.20 Å². The molecule has 0 aliphatic heterocycles. The van der Waals surface area contributed by atoms with Gasteiger partial charge in [-0.3, -0.25) is 14.5 Å². The van der Waals surface area contributed by atoms with Crippen LogP contribution in [-0.4, -0.2) is 42.1 Å². The molecule has 1 fully saturated rings. The minimum absolute atomic E-state index is 0.0233. The number of halogens is 1. The van der Waals surface area contributed by atoms with Crippen LogP contribution >= 0.6 is 0 Å². The maximum atomic E-state index is 14.8. The molecule has 7 N–H and O–H groups in total. The summed E-state index contributed by atoms with van der Waals surface area (Å²) in [5.74, 6) is -1.58. The van der Waals surface area contributed by atoms with Crippen LogP contribution in [0.15, 0.2) is 36.5 Å². The molecule has 0 radical (unpaired) electrons. The number of anilines is 4. The first-order valence-electron chi connectivity index (χ1n) is 11.4. The molecule has 4 rings (SSSR count). The van der Waals surface area contributed by atoms with E-state index in [9.17, 15) is 17.6 Å². The topological polar surface area (TPSA) is 165 Å². The summed E-state index contributed by atoms with van der Waals surface area (Å²) in [5.41, 5.74) is 12.8. The minimum Gasteiger partial charge on any atom is -0.365 e. The maximum absolute atomic E-state index is 14.8.